The SMILES string of the molecule is C1=CC=CNC=C1.Cc1nn(C)c2sc(C(=O)C3C=c4c(ccc5c4=CCc4ccccc4-5)CC3)cc12. The Bertz CT molecular complexity index is 1680. The average Bonchev–Trinajstić information content (AvgIpc) is 3.33. The number of rotatable bonds is 2. The van der Waals surface area contributed by atoms with E-state index in [1.165, 1.54) is 32.7 Å². The minimum atomic E-state index is -0.0594. The van der Waals surface area contributed by atoms with Crippen LogP contribution in [-0.2, 0) is 19.9 Å². The number of aromatic nitrogens is 2. The van der Waals surface area contributed by atoms with Crippen molar-refractivity contribution in [3.8, 4) is 11.1 Å². The third kappa shape index (κ3) is 4.40. The first kappa shape index (κ1) is 23.4. The Labute approximate surface area is 220 Å². The zero-order valence-corrected chi connectivity index (χ0v) is 21.9. The summed E-state index contributed by atoms with van der Waals surface area (Å²) in [4.78, 5) is 15.3. The molecule has 0 fully saturated rings. The van der Waals surface area contributed by atoms with Crippen LogP contribution >= 0.6 is 11.3 Å². The van der Waals surface area contributed by atoms with E-state index in [2.05, 4.69) is 59.0 Å². The molecule has 1 aliphatic heterocycles. The number of Topliss-reactive ketones (excluding diaryl/α,β-unsaturated/α-hetero) is 1. The number of carbonyl (C=O) groups excluding carboxylic acids is 1. The first-order valence-electron chi connectivity index (χ1n) is 12.7. The number of thiophene rings is 1. The summed E-state index contributed by atoms with van der Waals surface area (Å²) in [5.41, 5.74) is 6.35. The molecule has 2 aliphatic carbocycles. The molecule has 1 N–H and O–H groups in total. The highest BCUT2D eigenvalue weighted by Crippen LogP contribution is 2.31. The summed E-state index contributed by atoms with van der Waals surface area (Å²) >= 11 is 1.57. The summed E-state index contributed by atoms with van der Waals surface area (Å²) in [6.07, 6.45) is 18.9. The van der Waals surface area contributed by atoms with Crippen molar-refractivity contribution in [2.75, 3.05) is 0 Å². The lowest BCUT2D eigenvalue weighted by molar-refractivity contribution is 0.0951. The molecule has 2 aromatic carbocycles. The van der Waals surface area contributed by atoms with E-state index < -0.39 is 0 Å². The molecule has 0 saturated carbocycles. The largest absolute Gasteiger partial charge is 0.368 e. The van der Waals surface area contributed by atoms with Crippen molar-refractivity contribution in [1.29, 1.82) is 0 Å². The van der Waals surface area contributed by atoms with Crippen LogP contribution in [0.2, 0.25) is 0 Å². The van der Waals surface area contributed by atoms with E-state index in [-0.39, 0.29) is 11.7 Å². The molecule has 4 aromatic rings. The van der Waals surface area contributed by atoms with E-state index >= 15 is 0 Å². The number of benzene rings is 2. The molecule has 5 heteroatoms. The number of ketones is 1. The first-order chi connectivity index (χ1) is 18.1. The van der Waals surface area contributed by atoms with Crippen LogP contribution in [0.4, 0.5) is 0 Å². The smallest absolute Gasteiger partial charge is 0.179 e. The van der Waals surface area contributed by atoms with Gasteiger partial charge in [-0.3, -0.25) is 9.48 Å². The van der Waals surface area contributed by atoms with Gasteiger partial charge in [0, 0.05) is 30.8 Å². The fraction of sp³-hybridized carbons (Fsp3) is 0.188. The van der Waals surface area contributed by atoms with Crippen LogP contribution in [0, 0.1) is 12.8 Å². The summed E-state index contributed by atoms with van der Waals surface area (Å²) in [7, 11) is 1.95. The van der Waals surface area contributed by atoms with Crippen LogP contribution in [0.3, 0.4) is 0 Å². The summed E-state index contributed by atoms with van der Waals surface area (Å²) in [6.45, 7) is 2.01. The molecule has 0 bridgehead atoms. The molecule has 0 spiro atoms. The molecule has 1 unspecified atom stereocenters. The number of hydrogen-bond donors (Lipinski definition) is 1. The van der Waals surface area contributed by atoms with Gasteiger partial charge in [-0.2, -0.15) is 5.10 Å². The second-order valence-corrected chi connectivity index (χ2v) is 10.7. The number of allylic oxidation sites excluding steroid dienone is 4. The lowest BCUT2D eigenvalue weighted by Gasteiger charge is -2.21. The van der Waals surface area contributed by atoms with Gasteiger partial charge in [0.05, 0.1) is 10.6 Å². The number of hydrogen-bond acceptors (Lipinski definition) is 4. The van der Waals surface area contributed by atoms with E-state index in [4.69, 9.17) is 0 Å². The molecule has 1 atom stereocenters. The van der Waals surface area contributed by atoms with Gasteiger partial charge in [0.1, 0.15) is 4.83 Å². The summed E-state index contributed by atoms with van der Waals surface area (Å²) in [6, 6.07) is 15.2. The summed E-state index contributed by atoms with van der Waals surface area (Å²) in [5, 5.41) is 11.1. The molecular formula is C32H29N3OS. The Balaban J connectivity index is 0.000000314. The van der Waals surface area contributed by atoms with Crippen LogP contribution in [0.15, 0.2) is 79.2 Å². The fourth-order valence-corrected chi connectivity index (χ4v) is 6.57. The molecule has 184 valence electrons. The topological polar surface area (TPSA) is 46.9 Å². The Morgan fingerprint density at radius 1 is 1.00 bits per heavy atom. The summed E-state index contributed by atoms with van der Waals surface area (Å²) < 4.78 is 1.88. The van der Waals surface area contributed by atoms with Crippen molar-refractivity contribution in [3.63, 3.8) is 0 Å². The molecule has 3 aliphatic rings. The van der Waals surface area contributed by atoms with Gasteiger partial charge < -0.3 is 5.32 Å². The number of fused-ring (bicyclic) bond motifs is 6. The quantitative estimate of drug-likeness (QED) is 0.376. The van der Waals surface area contributed by atoms with Gasteiger partial charge in [0.15, 0.2) is 5.78 Å². The normalized spacial score (nSPS) is 16.8. The van der Waals surface area contributed by atoms with Crippen molar-refractivity contribution in [3.05, 3.63) is 111 Å². The van der Waals surface area contributed by atoms with Crippen molar-refractivity contribution in [1.82, 2.24) is 15.1 Å². The van der Waals surface area contributed by atoms with E-state index in [0.717, 1.165) is 40.1 Å². The second-order valence-electron chi connectivity index (χ2n) is 9.65. The van der Waals surface area contributed by atoms with Crippen LogP contribution in [0.25, 0.3) is 33.5 Å². The average molecular weight is 504 g/mol. The molecule has 0 radical (unpaired) electrons. The van der Waals surface area contributed by atoms with Crippen LogP contribution in [-0.4, -0.2) is 15.6 Å². The van der Waals surface area contributed by atoms with Crippen molar-refractivity contribution in [2.24, 2.45) is 13.0 Å². The van der Waals surface area contributed by atoms with Gasteiger partial charge in [-0.1, -0.05) is 60.7 Å². The number of nitrogens with one attached hydrogen (secondary N) is 1. The molecular weight excluding hydrogens is 474 g/mol. The molecule has 4 nitrogen and oxygen atoms in total. The zero-order chi connectivity index (χ0) is 25.4. The van der Waals surface area contributed by atoms with Crippen LogP contribution in [0.5, 0.6) is 0 Å². The predicted molar refractivity (Wildman–Crippen MR) is 154 cm³/mol. The van der Waals surface area contributed by atoms with E-state index in [1.807, 2.05) is 61.4 Å². The Hall–Kier alpha value is -3.96. The van der Waals surface area contributed by atoms with Gasteiger partial charge >= 0.3 is 0 Å². The second kappa shape index (κ2) is 9.83. The zero-order valence-electron chi connectivity index (χ0n) is 21.1. The van der Waals surface area contributed by atoms with Gasteiger partial charge in [-0.15, -0.1) is 11.3 Å². The highest BCUT2D eigenvalue weighted by Gasteiger charge is 2.25. The van der Waals surface area contributed by atoms with E-state index in [0.29, 0.717) is 0 Å². The predicted octanol–water partition coefficient (Wildman–Crippen LogP) is 5.35. The lowest BCUT2D eigenvalue weighted by Crippen LogP contribution is -2.36. The first-order valence-corrected chi connectivity index (χ1v) is 13.6. The minimum Gasteiger partial charge on any atom is -0.368 e. The highest BCUT2D eigenvalue weighted by atomic mass is 32.1. The summed E-state index contributed by atoms with van der Waals surface area (Å²) in [5.74, 6) is 0.186. The number of nitrogens with zero attached hydrogens (tertiary/aromatic N) is 2. The van der Waals surface area contributed by atoms with E-state index in [9.17, 15) is 4.79 Å². The molecule has 37 heavy (non-hydrogen) atoms. The minimum absolute atomic E-state index is 0.0594. The van der Waals surface area contributed by atoms with E-state index in [1.54, 1.807) is 11.3 Å². The van der Waals surface area contributed by atoms with Gasteiger partial charge in [0.25, 0.3) is 0 Å². The molecule has 7 rings (SSSR count). The Morgan fingerprint density at radius 3 is 2.62 bits per heavy atom. The van der Waals surface area contributed by atoms with Crippen molar-refractivity contribution < 1.29 is 4.79 Å². The highest BCUT2D eigenvalue weighted by molar-refractivity contribution is 7.20. The molecule has 0 amide bonds. The maximum atomic E-state index is 13.4. The lowest BCUT2D eigenvalue weighted by atomic mass is 9.83. The van der Waals surface area contributed by atoms with Gasteiger partial charge in [0.2, 0.25) is 0 Å². The van der Waals surface area contributed by atoms with Crippen molar-refractivity contribution >= 4 is 39.5 Å². The van der Waals surface area contributed by atoms with Gasteiger partial charge in [-0.25, -0.2) is 0 Å². The third-order valence-electron chi connectivity index (χ3n) is 7.30. The van der Waals surface area contributed by atoms with Crippen molar-refractivity contribution in [2.45, 2.75) is 26.2 Å². The monoisotopic (exact) mass is 503 g/mol. The maximum absolute atomic E-state index is 13.4. The molecule has 0 saturated heterocycles. The maximum Gasteiger partial charge on any atom is 0.179 e. The van der Waals surface area contributed by atoms with Crippen LogP contribution in [0.1, 0.15) is 32.9 Å². The fourth-order valence-electron chi connectivity index (χ4n) is 5.44. The number of carbonyl (C=O) groups is 1. The molecule has 3 heterocycles. The standard InChI is InChI=1S/C26H22N2OS.C6H7N/c1-15-22-14-24(30-26(22)28(2)27-15)25(29)18-8-7-17-10-11-20-19-6-4-3-5-16(19)9-12-21(20)23(17)13-18;1-2-4-6-7-5-3-1/h3-6,10-14,18H,7-9H2,1-2H3;1-7H. The van der Waals surface area contributed by atoms with Crippen LogP contribution < -0.4 is 15.8 Å². The molecule has 2 aromatic heterocycles. The third-order valence-corrected chi connectivity index (χ3v) is 8.51. The Morgan fingerprint density at radius 2 is 1.81 bits per heavy atom. The number of aryl methyl sites for hydroxylation is 3. The van der Waals surface area contributed by atoms with Gasteiger partial charge in [-0.05, 0) is 77.1 Å². The Kier molecular flexibility index (Phi) is 6.23.